The maximum atomic E-state index is 2.39. The molecule has 86 valence electrons. The second-order valence-corrected chi connectivity index (χ2v) is 5.61. The van der Waals surface area contributed by atoms with Gasteiger partial charge in [0.05, 0.1) is 0 Å². The van der Waals surface area contributed by atoms with Crippen LogP contribution in [0.2, 0.25) is 0 Å². The van der Waals surface area contributed by atoms with Crippen molar-refractivity contribution in [3.63, 3.8) is 0 Å². The highest BCUT2D eigenvalue weighted by Crippen LogP contribution is 2.18. The van der Waals surface area contributed by atoms with E-state index in [1.807, 2.05) is 0 Å². The monoisotopic (exact) mass is 198 g/mol. The average molecular weight is 198 g/mol. The van der Waals surface area contributed by atoms with Crippen LogP contribution in [0.15, 0.2) is 0 Å². The molecule has 1 atom stereocenters. The summed E-state index contributed by atoms with van der Waals surface area (Å²) in [4.78, 5) is 0. The largest absolute Gasteiger partial charge is 0.0628 e. The molecule has 0 amide bonds. The van der Waals surface area contributed by atoms with Crippen LogP contribution in [0, 0.1) is 17.8 Å². The van der Waals surface area contributed by atoms with Crippen LogP contribution >= 0.6 is 0 Å². The topological polar surface area (TPSA) is 0 Å². The van der Waals surface area contributed by atoms with Crippen LogP contribution in [0.1, 0.15) is 73.1 Å². The molecule has 0 radical (unpaired) electrons. The first kappa shape index (κ1) is 14.0. The molecule has 14 heavy (non-hydrogen) atoms. The Morgan fingerprint density at radius 2 is 1.14 bits per heavy atom. The van der Waals surface area contributed by atoms with Gasteiger partial charge in [-0.25, -0.2) is 0 Å². The Hall–Kier alpha value is 0. The SMILES string of the molecule is CC(C)CCCCCCC(C)C(C)C. The Kier molecular flexibility index (Phi) is 8.32. The third-order valence-corrected chi connectivity index (χ3v) is 3.33. The third kappa shape index (κ3) is 8.59. The van der Waals surface area contributed by atoms with Gasteiger partial charge in [0.25, 0.3) is 0 Å². The first-order valence-corrected chi connectivity index (χ1v) is 6.54. The lowest BCUT2D eigenvalue weighted by Gasteiger charge is -2.14. The van der Waals surface area contributed by atoms with Crippen LogP contribution < -0.4 is 0 Å². The van der Waals surface area contributed by atoms with Crippen molar-refractivity contribution in [1.82, 2.24) is 0 Å². The van der Waals surface area contributed by atoms with E-state index in [-0.39, 0.29) is 0 Å². The normalized spacial score (nSPS) is 13.9. The second kappa shape index (κ2) is 8.32. The minimum Gasteiger partial charge on any atom is -0.0628 e. The molecule has 1 unspecified atom stereocenters. The number of hydrogen-bond donors (Lipinski definition) is 0. The molecule has 0 aromatic carbocycles. The maximum Gasteiger partial charge on any atom is -0.0420 e. The van der Waals surface area contributed by atoms with Crippen molar-refractivity contribution < 1.29 is 0 Å². The molecule has 0 aliphatic heterocycles. The summed E-state index contributed by atoms with van der Waals surface area (Å²) in [6, 6.07) is 0. The summed E-state index contributed by atoms with van der Waals surface area (Å²) >= 11 is 0. The molecule has 0 spiro atoms. The molecule has 0 saturated heterocycles. The van der Waals surface area contributed by atoms with Gasteiger partial charge in [0.2, 0.25) is 0 Å². The molecule has 0 bridgehead atoms. The summed E-state index contributed by atoms with van der Waals surface area (Å²) in [7, 11) is 0. The number of rotatable bonds is 8. The second-order valence-electron chi connectivity index (χ2n) is 5.61. The van der Waals surface area contributed by atoms with Crippen molar-refractivity contribution in [1.29, 1.82) is 0 Å². The van der Waals surface area contributed by atoms with E-state index in [1.54, 1.807) is 0 Å². The summed E-state index contributed by atoms with van der Waals surface area (Å²) in [5, 5.41) is 0. The fourth-order valence-corrected chi connectivity index (χ4v) is 1.71. The first-order valence-electron chi connectivity index (χ1n) is 6.54. The van der Waals surface area contributed by atoms with Crippen molar-refractivity contribution in [3.8, 4) is 0 Å². The van der Waals surface area contributed by atoms with Gasteiger partial charge in [0.15, 0.2) is 0 Å². The van der Waals surface area contributed by atoms with E-state index in [9.17, 15) is 0 Å². The highest BCUT2D eigenvalue weighted by molar-refractivity contribution is 4.57. The highest BCUT2D eigenvalue weighted by Gasteiger charge is 2.05. The molecule has 0 fully saturated rings. The number of unbranched alkanes of at least 4 members (excludes halogenated alkanes) is 3. The van der Waals surface area contributed by atoms with E-state index in [2.05, 4.69) is 34.6 Å². The van der Waals surface area contributed by atoms with Gasteiger partial charge in [-0.15, -0.1) is 0 Å². The van der Waals surface area contributed by atoms with E-state index in [0.29, 0.717) is 0 Å². The summed E-state index contributed by atoms with van der Waals surface area (Å²) in [5.74, 6) is 2.68. The molecule has 0 N–H and O–H groups in total. The van der Waals surface area contributed by atoms with Crippen molar-refractivity contribution in [2.24, 2.45) is 17.8 Å². The van der Waals surface area contributed by atoms with Gasteiger partial charge in [-0.05, 0) is 17.8 Å². The van der Waals surface area contributed by atoms with Crippen LogP contribution in [0.3, 0.4) is 0 Å². The van der Waals surface area contributed by atoms with Crippen molar-refractivity contribution in [3.05, 3.63) is 0 Å². The van der Waals surface area contributed by atoms with Crippen molar-refractivity contribution >= 4 is 0 Å². The summed E-state index contributed by atoms with van der Waals surface area (Å²) < 4.78 is 0. The molecule has 0 heterocycles. The fraction of sp³-hybridized carbons (Fsp3) is 1.00. The van der Waals surface area contributed by atoms with Crippen LogP contribution in [0.25, 0.3) is 0 Å². The molecular formula is C14H30. The van der Waals surface area contributed by atoms with Crippen LogP contribution in [-0.2, 0) is 0 Å². The van der Waals surface area contributed by atoms with Crippen molar-refractivity contribution in [2.75, 3.05) is 0 Å². The molecule has 0 heteroatoms. The number of hydrogen-bond acceptors (Lipinski definition) is 0. The lowest BCUT2D eigenvalue weighted by atomic mass is 9.92. The minimum absolute atomic E-state index is 0.866. The van der Waals surface area contributed by atoms with Gasteiger partial charge in [-0.3, -0.25) is 0 Å². The minimum atomic E-state index is 0.866. The Bertz CT molecular complexity index is 113. The average Bonchev–Trinajstić information content (AvgIpc) is 2.09. The van der Waals surface area contributed by atoms with Gasteiger partial charge in [-0.1, -0.05) is 73.1 Å². The third-order valence-electron chi connectivity index (χ3n) is 3.33. The Balaban J connectivity index is 3.13. The Morgan fingerprint density at radius 1 is 0.643 bits per heavy atom. The zero-order valence-corrected chi connectivity index (χ0v) is 11.0. The predicted octanol–water partition coefficient (Wildman–Crippen LogP) is 5.28. The standard InChI is InChI=1S/C14H30/c1-12(2)10-8-6-7-9-11-14(5)13(3)4/h12-14H,6-11H2,1-5H3. The first-order chi connectivity index (χ1) is 6.54. The molecule has 0 aromatic heterocycles. The van der Waals surface area contributed by atoms with E-state index in [0.717, 1.165) is 17.8 Å². The molecule has 0 aromatic rings. The lowest BCUT2D eigenvalue weighted by molar-refractivity contribution is 0.373. The summed E-state index contributed by atoms with van der Waals surface area (Å²) in [6.45, 7) is 11.7. The lowest BCUT2D eigenvalue weighted by Crippen LogP contribution is -2.03. The maximum absolute atomic E-state index is 2.39. The zero-order valence-electron chi connectivity index (χ0n) is 11.0. The Labute approximate surface area is 91.5 Å². The van der Waals surface area contributed by atoms with E-state index in [1.165, 1.54) is 38.5 Å². The van der Waals surface area contributed by atoms with Crippen LogP contribution in [0.4, 0.5) is 0 Å². The molecule has 0 saturated carbocycles. The molecule has 0 rings (SSSR count). The van der Waals surface area contributed by atoms with E-state index in [4.69, 9.17) is 0 Å². The molecule has 0 aliphatic rings. The van der Waals surface area contributed by atoms with Gasteiger partial charge in [-0.2, -0.15) is 0 Å². The Morgan fingerprint density at radius 3 is 1.57 bits per heavy atom. The zero-order chi connectivity index (χ0) is 11.0. The smallest absolute Gasteiger partial charge is 0.0420 e. The summed E-state index contributed by atoms with van der Waals surface area (Å²) in [5.41, 5.74) is 0. The van der Waals surface area contributed by atoms with Gasteiger partial charge >= 0.3 is 0 Å². The van der Waals surface area contributed by atoms with Crippen molar-refractivity contribution in [2.45, 2.75) is 73.1 Å². The molecule has 0 nitrogen and oxygen atoms in total. The van der Waals surface area contributed by atoms with Gasteiger partial charge in [0.1, 0.15) is 0 Å². The quantitative estimate of drug-likeness (QED) is 0.466. The predicted molar refractivity (Wildman–Crippen MR) is 66.5 cm³/mol. The highest BCUT2D eigenvalue weighted by atomic mass is 14.1. The van der Waals surface area contributed by atoms with Gasteiger partial charge in [0, 0.05) is 0 Å². The summed E-state index contributed by atoms with van der Waals surface area (Å²) in [6.07, 6.45) is 8.62. The van der Waals surface area contributed by atoms with Crippen LogP contribution in [-0.4, -0.2) is 0 Å². The van der Waals surface area contributed by atoms with Crippen LogP contribution in [0.5, 0.6) is 0 Å². The molecule has 0 aliphatic carbocycles. The fourth-order valence-electron chi connectivity index (χ4n) is 1.71. The van der Waals surface area contributed by atoms with E-state index < -0.39 is 0 Å². The molecular weight excluding hydrogens is 168 g/mol. The van der Waals surface area contributed by atoms with E-state index >= 15 is 0 Å². The van der Waals surface area contributed by atoms with Gasteiger partial charge < -0.3 is 0 Å².